The summed E-state index contributed by atoms with van der Waals surface area (Å²) < 4.78 is 25.6. The summed E-state index contributed by atoms with van der Waals surface area (Å²) in [7, 11) is -3.26. The molecule has 0 aromatic heterocycles. The number of nitrogens with zero attached hydrogens (tertiary/aromatic N) is 1. The second-order valence-electron chi connectivity index (χ2n) is 5.73. The van der Waals surface area contributed by atoms with Crippen molar-refractivity contribution in [1.29, 1.82) is 0 Å². The van der Waals surface area contributed by atoms with E-state index in [1.807, 2.05) is 0 Å². The molecule has 1 heterocycles. The van der Waals surface area contributed by atoms with Gasteiger partial charge in [0.05, 0.1) is 21.5 Å². The average Bonchev–Trinajstić information content (AvgIpc) is 2.58. The van der Waals surface area contributed by atoms with E-state index in [0.717, 1.165) is 6.42 Å². The van der Waals surface area contributed by atoms with Gasteiger partial charge in [-0.05, 0) is 55.3 Å². The van der Waals surface area contributed by atoms with Crippen molar-refractivity contribution in [2.75, 3.05) is 21.9 Å². The van der Waals surface area contributed by atoms with Gasteiger partial charge in [-0.1, -0.05) is 23.2 Å². The predicted molar refractivity (Wildman–Crippen MR) is 101 cm³/mol. The Balaban J connectivity index is 1.75. The fourth-order valence-electron chi connectivity index (χ4n) is 2.64. The molecule has 1 fully saturated rings. The van der Waals surface area contributed by atoms with Crippen LogP contribution in [0.1, 0.15) is 23.2 Å². The Hall–Kier alpha value is -1.76. The highest BCUT2D eigenvalue weighted by Crippen LogP contribution is 2.26. The van der Waals surface area contributed by atoms with E-state index in [1.165, 1.54) is 4.31 Å². The number of hydrogen-bond acceptors (Lipinski definition) is 3. The second-order valence-corrected chi connectivity index (χ2v) is 8.55. The first-order chi connectivity index (χ1) is 11.9. The smallest absolute Gasteiger partial charge is 0.255 e. The SMILES string of the molecule is O=C(Nc1ccc(Cl)c(Cl)c1)c1ccc(N2CCCCS2(=O)=O)cc1. The fraction of sp³-hybridized carbons (Fsp3) is 0.235. The summed E-state index contributed by atoms with van der Waals surface area (Å²) >= 11 is 11.8. The summed E-state index contributed by atoms with van der Waals surface area (Å²) in [5, 5.41) is 3.49. The Morgan fingerprint density at radius 1 is 1.00 bits per heavy atom. The third-order valence-corrected chi connectivity index (χ3v) is 6.55. The highest BCUT2D eigenvalue weighted by atomic mass is 35.5. The van der Waals surface area contributed by atoms with Crippen molar-refractivity contribution in [3.05, 3.63) is 58.1 Å². The number of rotatable bonds is 3. The number of sulfonamides is 1. The van der Waals surface area contributed by atoms with Gasteiger partial charge in [-0.15, -0.1) is 0 Å². The number of anilines is 2. The lowest BCUT2D eigenvalue weighted by Gasteiger charge is -2.28. The molecule has 0 bridgehead atoms. The maximum atomic E-state index is 12.3. The molecule has 0 atom stereocenters. The van der Waals surface area contributed by atoms with Gasteiger partial charge in [-0.2, -0.15) is 0 Å². The third-order valence-electron chi connectivity index (χ3n) is 3.94. The fourth-order valence-corrected chi connectivity index (χ4v) is 4.57. The minimum atomic E-state index is -3.26. The van der Waals surface area contributed by atoms with Crippen molar-refractivity contribution in [3.63, 3.8) is 0 Å². The molecule has 2 aromatic rings. The van der Waals surface area contributed by atoms with Crippen molar-refractivity contribution < 1.29 is 13.2 Å². The van der Waals surface area contributed by atoms with Crippen LogP contribution in [0, 0.1) is 0 Å². The Kier molecular flexibility index (Phi) is 5.22. The number of nitrogens with one attached hydrogen (secondary N) is 1. The monoisotopic (exact) mass is 398 g/mol. The van der Waals surface area contributed by atoms with E-state index in [9.17, 15) is 13.2 Å². The summed E-state index contributed by atoms with van der Waals surface area (Å²) in [5.41, 5.74) is 1.53. The van der Waals surface area contributed by atoms with E-state index < -0.39 is 10.0 Å². The van der Waals surface area contributed by atoms with Crippen LogP contribution < -0.4 is 9.62 Å². The molecule has 0 radical (unpaired) electrons. The molecular weight excluding hydrogens is 383 g/mol. The number of halogens is 2. The van der Waals surface area contributed by atoms with E-state index in [4.69, 9.17) is 23.2 Å². The Morgan fingerprint density at radius 3 is 2.36 bits per heavy atom. The van der Waals surface area contributed by atoms with Gasteiger partial charge in [-0.25, -0.2) is 8.42 Å². The van der Waals surface area contributed by atoms with Gasteiger partial charge in [0.1, 0.15) is 0 Å². The molecule has 0 spiro atoms. The maximum absolute atomic E-state index is 12.3. The van der Waals surface area contributed by atoms with E-state index in [2.05, 4.69) is 5.32 Å². The van der Waals surface area contributed by atoms with Crippen LogP contribution in [-0.2, 0) is 10.0 Å². The zero-order chi connectivity index (χ0) is 18.0. The van der Waals surface area contributed by atoms with Gasteiger partial charge in [-0.3, -0.25) is 9.10 Å². The van der Waals surface area contributed by atoms with Crippen LogP contribution in [0.3, 0.4) is 0 Å². The van der Waals surface area contributed by atoms with Gasteiger partial charge >= 0.3 is 0 Å². The molecule has 8 heteroatoms. The first-order valence-corrected chi connectivity index (χ1v) is 10.1. The van der Waals surface area contributed by atoms with Crippen LogP contribution in [0.25, 0.3) is 0 Å². The Bertz CT molecular complexity index is 899. The Morgan fingerprint density at radius 2 is 1.72 bits per heavy atom. The van der Waals surface area contributed by atoms with Crippen LogP contribution in [0.2, 0.25) is 10.0 Å². The first-order valence-electron chi connectivity index (χ1n) is 7.74. The molecule has 1 aliphatic heterocycles. The molecule has 0 unspecified atom stereocenters. The quantitative estimate of drug-likeness (QED) is 0.842. The van der Waals surface area contributed by atoms with Crippen LogP contribution in [-0.4, -0.2) is 26.6 Å². The lowest BCUT2D eigenvalue weighted by atomic mass is 10.2. The molecule has 1 aliphatic rings. The summed E-state index contributed by atoms with van der Waals surface area (Å²) in [6.07, 6.45) is 1.52. The number of carbonyl (C=O) groups excluding carboxylic acids is 1. The van der Waals surface area contributed by atoms with E-state index >= 15 is 0 Å². The van der Waals surface area contributed by atoms with E-state index in [1.54, 1.807) is 42.5 Å². The summed E-state index contributed by atoms with van der Waals surface area (Å²) in [5.74, 6) is -0.154. The highest BCUT2D eigenvalue weighted by Gasteiger charge is 2.26. The van der Waals surface area contributed by atoms with Gasteiger partial charge in [0.2, 0.25) is 10.0 Å². The molecule has 1 saturated heterocycles. The lowest BCUT2D eigenvalue weighted by Crippen LogP contribution is -2.37. The standard InChI is InChI=1S/C17H16Cl2N2O3S/c18-15-8-5-13(11-16(15)19)20-17(22)12-3-6-14(7-4-12)21-9-1-2-10-25(21,23)24/h3-8,11H,1-2,9-10H2,(H,20,22). The normalized spacial score (nSPS) is 16.5. The number of benzene rings is 2. The van der Waals surface area contributed by atoms with E-state index in [0.29, 0.717) is 39.9 Å². The average molecular weight is 399 g/mol. The molecule has 5 nitrogen and oxygen atoms in total. The van der Waals surface area contributed by atoms with E-state index in [-0.39, 0.29) is 11.7 Å². The Labute approximate surface area is 156 Å². The number of hydrogen-bond donors (Lipinski definition) is 1. The zero-order valence-corrected chi connectivity index (χ0v) is 15.5. The van der Waals surface area contributed by atoms with Crippen molar-refractivity contribution in [2.24, 2.45) is 0 Å². The maximum Gasteiger partial charge on any atom is 0.255 e. The van der Waals surface area contributed by atoms with Gasteiger partial charge in [0.25, 0.3) is 5.91 Å². The van der Waals surface area contributed by atoms with Crippen molar-refractivity contribution in [3.8, 4) is 0 Å². The van der Waals surface area contributed by atoms with Crippen molar-refractivity contribution >= 4 is 50.5 Å². The highest BCUT2D eigenvalue weighted by molar-refractivity contribution is 7.92. The molecule has 1 N–H and O–H groups in total. The molecule has 0 saturated carbocycles. The van der Waals surface area contributed by atoms with Crippen LogP contribution in [0.15, 0.2) is 42.5 Å². The summed E-state index contributed by atoms with van der Waals surface area (Å²) in [6, 6.07) is 11.3. The van der Waals surface area contributed by atoms with Gasteiger partial charge < -0.3 is 5.32 Å². The molecule has 132 valence electrons. The third kappa shape index (κ3) is 4.08. The molecule has 1 amide bonds. The molecular formula is C17H16Cl2N2O3S. The minimum absolute atomic E-state index is 0.159. The summed E-state index contributed by atoms with van der Waals surface area (Å²) in [4.78, 5) is 12.3. The number of carbonyl (C=O) groups is 1. The first kappa shape index (κ1) is 18.0. The number of amides is 1. The van der Waals surface area contributed by atoms with Crippen molar-refractivity contribution in [1.82, 2.24) is 0 Å². The molecule has 0 aliphatic carbocycles. The van der Waals surface area contributed by atoms with Gasteiger partial charge in [0, 0.05) is 17.8 Å². The second kappa shape index (κ2) is 7.23. The predicted octanol–water partition coefficient (Wildman–Crippen LogP) is 4.18. The van der Waals surface area contributed by atoms with Gasteiger partial charge in [0.15, 0.2) is 0 Å². The molecule has 2 aromatic carbocycles. The minimum Gasteiger partial charge on any atom is -0.322 e. The zero-order valence-electron chi connectivity index (χ0n) is 13.2. The van der Waals surface area contributed by atoms with Crippen LogP contribution in [0.5, 0.6) is 0 Å². The summed E-state index contributed by atoms with van der Waals surface area (Å²) in [6.45, 7) is 0.469. The lowest BCUT2D eigenvalue weighted by molar-refractivity contribution is 0.102. The van der Waals surface area contributed by atoms with Crippen molar-refractivity contribution in [2.45, 2.75) is 12.8 Å². The molecule has 25 heavy (non-hydrogen) atoms. The topological polar surface area (TPSA) is 66.5 Å². The van der Waals surface area contributed by atoms with Crippen LogP contribution >= 0.6 is 23.2 Å². The largest absolute Gasteiger partial charge is 0.322 e. The van der Waals surface area contributed by atoms with Crippen LogP contribution in [0.4, 0.5) is 11.4 Å². The molecule has 3 rings (SSSR count).